The number of nitrogens with one attached hydrogen (secondary N) is 2. The largest absolute Gasteiger partial charge is 0.378 e. The van der Waals surface area contributed by atoms with Crippen molar-refractivity contribution >= 4 is 33.4 Å². The summed E-state index contributed by atoms with van der Waals surface area (Å²) in [5, 5.41) is 12.9. The van der Waals surface area contributed by atoms with Crippen LogP contribution in [0.5, 0.6) is 0 Å². The Bertz CT molecular complexity index is 1340. The predicted octanol–water partition coefficient (Wildman–Crippen LogP) is 4.13. The normalized spacial score (nSPS) is 18.5. The molecule has 0 aromatic heterocycles. The number of carbonyl (C=O) groups is 1. The second kappa shape index (κ2) is 12.2. The molecule has 2 aromatic carbocycles. The first-order valence-electron chi connectivity index (χ1n) is 12.8. The second-order valence-electron chi connectivity index (χ2n) is 10.1. The summed E-state index contributed by atoms with van der Waals surface area (Å²) < 4.78 is 62.3. The molecule has 1 aliphatic heterocycles. The number of nitrogens with zero attached hydrogens (tertiary/aromatic N) is 2. The van der Waals surface area contributed by atoms with Crippen molar-refractivity contribution in [3.63, 3.8) is 0 Å². The van der Waals surface area contributed by atoms with Gasteiger partial charge in [-0.1, -0.05) is 19.3 Å². The molecule has 1 saturated carbocycles. The number of carbonyl (C=O) groups excluding carboxylic acids is 1. The second-order valence-corrected chi connectivity index (χ2v) is 12.9. The molecule has 39 heavy (non-hydrogen) atoms. The molecule has 1 saturated heterocycles. The zero-order valence-electron chi connectivity index (χ0n) is 21.9. The van der Waals surface area contributed by atoms with Crippen molar-refractivity contribution in [2.45, 2.75) is 53.5 Å². The van der Waals surface area contributed by atoms with Gasteiger partial charge >= 0.3 is 0 Å². The molecule has 4 rings (SSSR count). The van der Waals surface area contributed by atoms with E-state index in [1.165, 1.54) is 31.0 Å². The van der Waals surface area contributed by atoms with Crippen molar-refractivity contribution < 1.29 is 26.7 Å². The van der Waals surface area contributed by atoms with Gasteiger partial charge in [0.05, 0.1) is 16.1 Å². The summed E-state index contributed by atoms with van der Waals surface area (Å²) in [6.45, 7) is 1.54. The van der Waals surface area contributed by atoms with Gasteiger partial charge in [0.15, 0.2) is 0 Å². The van der Waals surface area contributed by atoms with Crippen molar-refractivity contribution in [2.24, 2.45) is 5.92 Å². The minimum absolute atomic E-state index is 0.0947. The van der Waals surface area contributed by atoms with Gasteiger partial charge in [-0.15, -0.1) is 11.8 Å². The van der Waals surface area contributed by atoms with E-state index in [1.807, 2.05) is 17.8 Å². The molecule has 2 aliphatic rings. The third-order valence-corrected chi connectivity index (χ3v) is 9.86. The van der Waals surface area contributed by atoms with E-state index in [4.69, 9.17) is 4.74 Å². The van der Waals surface area contributed by atoms with Gasteiger partial charge < -0.3 is 15.0 Å². The highest BCUT2D eigenvalue weighted by molar-refractivity contribution is 7.99. The van der Waals surface area contributed by atoms with Crippen molar-refractivity contribution in [1.29, 1.82) is 5.26 Å². The van der Waals surface area contributed by atoms with E-state index in [1.54, 1.807) is 12.1 Å². The maximum absolute atomic E-state index is 15.4. The number of nitriles is 1. The highest BCUT2D eigenvalue weighted by Crippen LogP contribution is 2.33. The molecule has 1 atom stereocenters. The van der Waals surface area contributed by atoms with Gasteiger partial charge in [0.2, 0.25) is 0 Å². The number of methoxy groups -OCH3 is 1. The van der Waals surface area contributed by atoms with E-state index in [9.17, 15) is 22.9 Å². The van der Waals surface area contributed by atoms with E-state index in [2.05, 4.69) is 10.2 Å². The SMILES string of the molecule is COC1(C(=O)NS(=O)(=O)c2cc(F)c(N[C@@H](CSc3ccc(F)cc3)C3CN(C)C3)c(C#N)c2)CCCCC1. The molecule has 0 bridgehead atoms. The number of hydrogen-bond donors (Lipinski definition) is 2. The van der Waals surface area contributed by atoms with Crippen LogP contribution in [0.3, 0.4) is 0 Å². The van der Waals surface area contributed by atoms with Crippen LogP contribution in [0.15, 0.2) is 46.2 Å². The Labute approximate surface area is 232 Å². The van der Waals surface area contributed by atoms with Crippen LogP contribution in [0.2, 0.25) is 0 Å². The first kappa shape index (κ1) is 29.3. The average Bonchev–Trinajstić information content (AvgIpc) is 2.90. The van der Waals surface area contributed by atoms with Gasteiger partial charge in [0, 0.05) is 42.8 Å². The fourth-order valence-electron chi connectivity index (χ4n) is 5.09. The molecule has 1 amide bonds. The van der Waals surface area contributed by atoms with Crippen molar-refractivity contribution in [2.75, 3.05) is 38.3 Å². The molecule has 2 fully saturated rings. The maximum atomic E-state index is 15.4. The third kappa shape index (κ3) is 6.72. The van der Waals surface area contributed by atoms with Crippen LogP contribution in [-0.2, 0) is 19.6 Å². The number of anilines is 1. The lowest BCUT2D eigenvalue weighted by atomic mass is 9.84. The van der Waals surface area contributed by atoms with Gasteiger partial charge in [-0.25, -0.2) is 21.9 Å². The standard InChI is InChI=1S/C27H32F2N4O4S2/c1-33-15-19(16-33)24(17-38-21-8-6-20(28)7-9-21)31-25-18(14-30)12-22(13-23(25)29)39(35,36)32-26(34)27(37-2)10-4-3-5-11-27/h6-9,12-13,19,24,31H,3-5,10-11,15-17H2,1-2H3,(H,32,34)/t24-/m0/s1. The topological polar surface area (TPSA) is 112 Å². The molecule has 0 radical (unpaired) electrons. The first-order valence-corrected chi connectivity index (χ1v) is 15.2. The molecule has 0 unspecified atom stereocenters. The van der Waals surface area contributed by atoms with Crippen LogP contribution in [-0.4, -0.2) is 63.9 Å². The van der Waals surface area contributed by atoms with Crippen LogP contribution in [0.25, 0.3) is 0 Å². The monoisotopic (exact) mass is 578 g/mol. The van der Waals surface area contributed by atoms with Gasteiger partial charge in [0.25, 0.3) is 15.9 Å². The quantitative estimate of drug-likeness (QED) is 0.405. The number of thioether (sulfide) groups is 1. The molecule has 2 N–H and O–H groups in total. The summed E-state index contributed by atoms with van der Waals surface area (Å²) in [5.41, 5.74) is -1.54. The van der Waals surface area contributed by atoms with Crippen LogP contribution >= 0.6 is 11.8 Å². The molecule has 1 aliphatic carbocycles. The molecule has 0 spiro atoms. The smallest absolute Gasteiger partial charge is 0.265 e. The number of halogens is 2. The van der Waals surface area contributed by atoms with Gasteiger partial charge in [-0.3, -0.25) is 4.79 Å². The van der Waals surface area contributed by atoms with E-state index >= 15 is 4.39 Å². The summed E-state index contributed by atoms with van der Waals surface area (Å²) in [4.78, 5) is 15.4. The van der Waals surface area contributed by atoms with Crippen molar-refractivity contribution in [3.05, 3.63) is 53.6 Å². The van der Waals surface area contributed by atoms with E-state index in [0.29, 0.717) is 18.6 Å². The predicted molar refractivity (Wildman–Crippen MR) is 145 cm³/mol. The molecule has 2 aromatic rings. The Hall–Kier alpha value is -2.72. The van der Waals surface area contributed by atoms with E-state index in [-0.39, 0.29) is 29.0 Å². The lowest BCUT2D eigenvalue weighted by molar-refractivity contribution is -0.145. The number of likely N-dealkylation sites (tertiary alicyclic amines) is 1. The molecule has 12 heteroatoms. The highest BCUT2D eigenvalue weighted by atomic mass is 32.2. The van der Waals surface area contributed by atoms with E-state index in [0.717, 1.165) is 49.4 Å². The summed E-state index contributed by atoms with van der Waals surface area (Å²) >= 11 is 1.48. The van der Waals surface area contributed by atoms with Crippen LogP contribution in [0.4, 0.5) is 14.5 Å². The Balaban J connectivity index is 1.55. The number of amides is 1. The van der Waals surface area contributed by atoms with Gasteiger partial charge in [-0.05, 0) is 56.3 Å². The Morgan fingerprint density at radius 3 is 2.46 bits per heavy atom. The van der Waals surface area contributed by atoms with Crippen molar-refractivity contribution in [1.82, 2.24) is 9.62 Å². The summed E-state index contributed by atoms with van der Waals surface area (Å²) in [6, 6.07) is 9.61. The average molecular weight is 579 g/mol. The Morgan fingerprint density at radius 1 is 1.21 bits per heavy atom. The maximum Gasteiger partial charge on any atom is 0.265 e. The lowest BCUT2D eigenvalue weighted by Crippen LogP contribution is -2.52. The van der Waals surface area contributed by atoms with Crippen LogP contribution in [0, 0.1) is 28.9 Å². The number of sulfonamides is 1. The lowest BCUT2D eigenvalue weighted by Gasteiger charge is -2.42. The number of ether oxygens (including phenoxy) is 1. The van der Waals surface area contributed by atoms with E-state index < -0.39 is 32.2 Å². The van der Waals surface area contributed by atoms with Gasteiger partial charge in [0.1, 0.15) is 23.3 Å². The fourth-order valence-corrected chi connectivity index (χ4v) is 7.23. The minimum Gasteiger partial charge on any atom is -0.378 e. The fraction of sp³-hybridized carbons (Fsp3) is 0.481. The first-order chi connectivity index (χ1) is 18.6. The third-order valence-electron chi connectivity index (χ3n) is 7.42. The Kier molecular flexibility index (Phi) is 9.16. The Morgan fingerprint density at radius 2 is 1.87 bits per heavy atom. The van der Waals surface area contributed by atoms with Crippen molar-refractivity contribution in [3.8, 4) is 6.07 Å². The van der Waals surface area contributed by atoms with Crippen LogP contribution in [0.1, 0.15) is 37.7 Å². The number of rotatable bonds is 10. The van der Waals surface area contributed by atoms with Crippen LogP contribution < -0.4 is 10.0 Å². The van der Waals surface area contributed by atoms with Gasteiger partial charge in [-0.2, -0.15) is 5.26 Å². The molecule has 210 valence electrons. The minimum atomic E-state index is -4.46. The zero-order chi connectivity index (χ0) is 28.2. The molecule has 1 heterocycles. The number of benzene rings is 2. The summed E-state index contributed by atoms with van der Waals surface area (Å²) in [5.74, 6) is -1.36. The molecule has 8 nitrogen and oxygen atoms in total. The zero-order valence-corrected chi connectivity index (χ0v) is 23.5. The molecular weight excluding hydrogens is 546 g/mol. The summed E-state index contributed by atoms with van der Waals surface area (Å²) in [6.07, 6.45) is 3.16. The summed E-state index contributed by atoms with van der Waals surface area (Å²) in [7, 11) is -1.12. The molecular formula is C27H32F2N4O4S2. The number of hydrogen-bond acceptors (Lipinski definition) is 8. The highest BCUT2D eigenvalue weighted by Gasteiger charge is 2.42.